The smallest absolute Gasteiger partial charge is 0.265 e. The zero-order chi connectivity index (χ0) is 15.8. The molecule has 2 aromatic heterocycles. The van der Waals surface area contributed by atoms with Gasteiger partial charge in [0.1, 0.15) is 4.88 Å². The molecule has 1 aliphatic heterocycles. The molecule has 6 nitrogen and oxygen atoms in total. The van der Waals surface area contributed by atoms with E-state index in [4.69, 9.17) is 4.52 Å². The molecule has 7 heteroatoms. The van der Waals surface area contributed by atoms with Crippen molar-refractivity contribution in [2.24, 2.45) is 5.92 Å². The molecular formula is C16H20N4O2S. The zero-order valence-corrected chi connectivity index (χ0v) is 14.0. The van der Waals surface area contributed by atoms with Crippen LogP contribution < -0.4 is 0 Å². The molecular weight excluding hydrogens is 312 g/mol. The van der Waals surface area contributed by atoms with Gasteiger partial charge in [0.2, 0.25) is 5.89 Å². The molecule has 2 aliphatic rings. The number of aryl methyl sites for hydroxylation is 1. The molecule has 3 heterocycles. The van der Waals surface area contributed by atoms with Gasteiger partial charge in [-0.15, -0.1) is 11.3 Å². The van der Waals surface area contributed by atoms with Crippen molar-refractivity contribution in [3.8, 4) is 0 Å². The van der Waals surface area contributed by atoms with E-state index in [1.807, 2.05) is 11.8 Å². The molecule has 1 amide bonds. The number of rotatable bonds is 4. The highest BCUT2D eigenvalue weighted by Crippen LogP contribution is 2.38. The molecule has 0 unspecified atom stereocenters. The Labute approximate surface area is 138 Å². The van der Waals surface area contributed by atoms with Crippen LogP contribution in [0.25, 0.3) is 0 Å². The standard InChI is InChI=1S/C16H20N4O2S/c1-10-14(23-9-17-10)16(21)20-6-2-3-11(8-20)7-13-18-15(19-22-13)12-4-5-12/h9,11-12H,2-8H2,1H3/t11-/m0/s1. The molecule has 0 bridgehead atoms. The molecule has 0 aromatic carbocycles. The Balaban J connectivity index is 1.40. The number of thiazole rings is 1. The van der Waals surface area contributed by atoms with E-state index in [-0.39, 0.29) is 5.91 Å². The average Bonchev–Trinajstić information content (AvgIpc) is 3.16. The fraction of sp³-hybridized carbons (Fsp3) is 0.625. The molecule has 1 saturated carbocycles. The molecule has 2 fully saturated rings. The average molecular weight is 332 g/mol. The summed E-state index contributed by atoms with van der Waals surface area (Å²) in [6.07, 6.45) is 5.26. The van der Waals surface area contributed by atoms with Crippen LogP contribution in [0.3, 0.4) is 0 Å². The first-order valence-electron chi connectivity index (χ1n) is 8.22. The van der Waals surface area contributed by atoms with Crippen LogP contribution in [0.15, 0.2) is 10.0 Å². The monoisotopic (exact) mass is 332 g/mol. The largest absolute Gasteiger partial charge is 0.339 e. The lowest BCUT2D eigenvalue weighted by molar-refractivity contribution is 0.0672. The third-order valence-corrected chi connectivity index (χ3v) is 5.55. The summed E-state index contributed by atoms with van der Waals surface area (Å²) in [6, 6.07) is 0. The Morgan fingerprint density at radius 1 is 1.43 bits per heavy atom. The maximum atomic E-state index is 12.6. The Morgan fingerprint density at radius 2 is 2.30 bits per heavy atom. The lowest BCUT2D eigenvalue weighted by Gasteiger charge is -2.32. The zero-order valence-electron chi connectivity index (χ0n) is 13.2. The fourth-order valence-electron chi connectivity index (χ4n) is 3.17. The number of hydrogen-bond acceptors (Lipinski definition) is 6. The Bertz CT molecular complexity index is 707. The number of piperidine rings is 1. The van der Waals surface area contributed by atoms with E-state index in [0.717, 1.165) is 54.6 Å². The van der Waals surface area contributed by atoms with Crippen molar-refractivity contribution in [2.45, 2.75) is 44.9 Å². The summed E-state index contributed by atoms with van der Waals surface area (Å²) in [5.74, 6) is 2.61. The third-order valence-electron chi connectivity index (χ3n) is 4.64. The van der Waals surface area contributed by atoms with Crippen molar-refractivity contribution in [3.63, 3.8) is 0 Å². The second-order valence-electron chi connectivity index (χ2n) is 6.55. The second kappa shape index (κ2) is 6.03. The summed E-state index contributed by atoms with van der Waals surface area (Å²) >= 11 is 1.43. The third kappa shape index (κ3) is 3.15. The number of hydrogen-bond donors (Lipinski definition) is 0. The van der Waals surface area contributed by atoms with Crippen molar-refractivity contribution in [1.82, 2.24) is 20.0 Å². The van der Waals surface area contributed by atoms with Gasteiger partial charge in [-0.2, -0.15) is 4.98 Å². The number of likely N-dealkylation sites (tertiary alicyclic amines) is 1. The van der Waals surface area contributed by atoms with Gasteiger partial charge in [-0.05, 0) is 38.5 Å². The molecule has 0 radical (unpaired) electrons. The summed E-state index contributed by atoms with van der Waals surface area (Å²) in [4.78, 5) is 24.0. The van der Waals surface area contributed by atoms with Crippen LogP contribution in [0, 0.1) is 12.8 Å². The van der Waals surface area contributed by atoms with Gasteiger partial charge >= 0.3 is 0 Å². The minimum Gasteiger partial charge on any atom is -0.339 e. The van der Waals surface area contributed by atoms with Gasteiger partial charge < -0.3 is 9.42 Å². The van der Waals surface area contributed by atoms with Crippen LogP contribution in [0.2, 0.25) is 0 Å². The van der Waals surface area contributed by atoms with Crippen molar-refractivity contribution in [3.05, 3.63) is 27.8 Å². The summed E-state index contributed by atoms with van der Waals surface area (Å²) in [6.45, 7) is 3.48. The first kappa shape index (κ1) is 14.8. The molecule has 2 aromatic rings. The SMILES string of the molecule is Cc1ncsc1C(=O)N1CCC[C@@H](Cc2nc(C3CC3)no2)C1. The van der Waals surface area contributed by atoms with Crippen LogP contribution in [-0.2, 0) is 6.42 Å². The van der Waals surface area contributed by atoms with Crippen LogP contribution >= 0.6 is 11.3 Å². The van der Waals surface area contributed by atoms with E-state index in [2.05, 4.69) is 15.1 Å². The molecule has 4 rings (SSSR count). The van der Waals surface area contributed by atoms with Gasteiger partial charge in [-0.1, -0.05) is 5.16 Å². The summed E-state index contributed by atoms with van der Waals surface area (Å²) in [5.41, 5.74) is 2.56. The molecule has 0 spiro atoms. The number of aromatic nitrogens is 3. The summed E-state index contributed by atoms with van der Waals surface area (Å²) in [5, 5.41) is 4.08. The molecule has 122 valence electrons. The highest BCUT2D eigenvalue weighted by molar-refractivity contribution is 7.11. The predicted octanol–water partition coefficient (Wildman–Crippen LogP) is 2.81. The van der Waals surface area contributed by atoms with Gasteiger partial charge in [0.15, 0.2) is 5.82 Å². The van der Waals surface area contributed by atoms with E-state index >= 15 is 0 Å². The van der Waals surface area contributed by atoms with E-state index < -0.39 is 0 Å². The van der Waals surface area contributed by atoms with E-state index in [9.17, 15) is 4.79 Å². The number of carbonyl (C=O) groups excluding carboxylic acids is 1. The summed E-state index contributed by atoms with van der Waals surface area (Å²) in [7, 11) is 0. The van der Waals surface area contributed by atoms with Gasteiger partial charge in [-0.3, -0.25) is 4.79 Å². The molecule has 23 heavy (non-hydrogen) atoms. The highest BCUT2D eigenvalue weighted by atomic mass is 32.1. The van der Waals surface area contributed by atoms with E-state index in [1.54, 1.807) is 5.51 Å². The number of carbonyl (C=O) groups is 1. The topological polar surface area (TPSA) is 72.1 Å². The van der Waals surface area contributed by atoms with Crippen molar-refractivity contribution >= 4 is 17.2 Å². The fourth-order valence-corrected chi connectivity index (χ4v) is 3.94. The summed E-state index contributed by atoms with van der Waals surface area (Å²) < 4.78 is 5.38. The maximum Gasteiger partial charge on any atom is 0.265 e. The maximum absolute atomic E-state index is 12.6. The van der Waals surface area contributed by atoms with Crippen LogP contribution in [0.5, 0.6) is 0 Å². The quantitative estimate of drug-likeness (QED) is 0.861. The van der Waals surface area contributed by atoms with Gasteiger partial charge in [-0.25, -0.2) is 4.98 Å². The Kier molecular flexibility index (Phi) is 3.88. The van der Waals surface area contributed by atoms with Crippen molar-refractivity contribution in [2.75, 3.05) is 13.1 Å². The van der Waals surface area contributed by atoms with Gasteiger partial charge in [0, 0.05) is 25.4 Å². The Morgan fingerprint density at radius 3 is 3.04 bits per heavy atom. The minimum absolute atomic E-state index is 0.110. The van der Waals surface area contributed by atoms with Crippen LogP contribution in [0.1, 0.15) is 58.7 Å². The minimum atomic E-state index is 0.110. The highest BCUT2D eigenvalue weighted by Gasteiger charge is 2.30. The first-order chi connectivity index (χ1) is 11.2. The van der Waals surface area contributed by atoms with Gasteiger partial charge in [0.25, 0.3) is 5.91 Å². The van der Waals surface area contributed by atoms with Crippen LogP contribution in [-0.4, -0.2) is 39.0 Å². The number of nitrogens with zero attached hydrogens (tertiary/aromatic N) is 4. The second-order valence-corrected chi connectivity index (χ2v) is 7.41. The van der Waals surface area contributed by atoms with Crippen LogP contribution in [0.4, 0.5) is 0 Å². The molecule has 0 N–H and O–H groups in total. The van der Waals surface area contributed by atoms with Crippen molar-refractivity contribution < 1.29 is 9.32 Å². The lowest BCUT2D eigenvalue weighted by Crippen LogP contribution is -2.40. The predicted molar refractivity (Wildman–Crippen MR) is 85.5 cm³/mol. The van der Waals surface area contributed by atoms with E-state index in [0.29, 0.717) is 11.8 Å². The first-order valence-corrected chi connectivity index (χ1v) is 9.10. The van der Waals surface area contributed by atoms with Crippen molar-refractivity contribution in [1.29, 1.82) is 0 Å². The van der Waals surface area contributed by atoms with Gasteiger partial charge in [0.05, 0.1) is 11.2 Å². The lowest BCUT2D eigenvalue weighted by atomic mass is 9.94. The number of amides is 1. The molecule has 1 aliphatic carbocycles. The molecule has 1 atom stereocenters. The molecule has 1 saturated heterocycles. The normalized spacial score (nSPS) is 21.6. The van der Waals surface area contributed by atoms with E-state index in [1.165, 1.54) is 24.2 Å². The Hall–Kier alpha value is -1.76.